The smallest absolute Gasteiger partial charge is 0.265 e. The first-order valence-electron chi connectivity index (χ1n) is 6.98. The third kappa shape index (κ3) is 3.21. The molecule has 20 heavy (non-hydrogen) atoms. The van der Waals surface area contributed by atoms with Gasteiger partial charge < -0.3 is 16.0 Å². The van der Waals surface area contributed by atoms with Crippen LogP contribution in [0.5, 0.6) is 0 Å². The number of aromatic nitrogens is 1. The van der Waals surface area contributed by atoms with Crippen molar-refractivity contribution in [1.29, 1.82) is 0 Å². The number of hydrogen-bond donors (Lipinski definition) is 2. The highest BCUT2D eigenvalue weighted by Gasteiger charge is 2.24. The summed E-state index contributed by atoms with van der Waals surface area (Å²) in [4.78, 5) is 21.2. The standard InChI is InChI=1S/C13H23N5OS/c1-4-18-7-5-6-9(18)8-15-12(19)10-11(14)16-13(20-10)17(2)3/h9H,4-8,14H2,1-3H3,(H,15,19). The summed E-state index contributed by atoms with van der Waals surface area (Å²) in [6.45, 7) is 5.00. The van der Waals surface area contributed by atoms with E-state index >= 15 is 0 Å². The molecular weight excluding hydrogens is 274 g/mol. The molecule has 1 aliphatic rings. The normalized spacial score (nSPS) is 19.2. The first-order valence-corrected chi connectivity index (χ1v) is 7.80. The molecule has 0 bridgehead atoms. The summed E-state index contributed by atoms with van der Waals surface area (Å²) in [5.74, 6) is 0.200. The van der Waals surface area contributed by atoms with Gasteiger partial charge in [0.25, 0.3) is 5.91 Å². The Morgan fingerprint density at radius 2 is 2.35 bits per heavy atom. The molecule has 1 atom stereocenters. The van der Waals surface area contributed by atoms with Gasteiger partial charge >= 0.3 is 0 Å². The van der Waals surface area contributed by atoms with Crippen LogP contribution in [0.25, 0.3) is 0 Å². The molecule has 3 N–H and O–H groups in total. The topological polar surface area (TPSA) is 74.5 Å². The van der Waals surface area contributed by atoms with Gasteiger partial charge in [-0.25, -0.2) is 4.98 Å². The maximum Gasteiger partial charge on any atom is 0.265 e. The molecule has 0 radical (unpaired) electrons. The Balaban J connectivity index is 1.95. The predicted octanol–water partition coefficient (Wildman–Crippen LogP) is 1.01. The second-order valence-corrected chi connectivity index (χ2v) is 6.22. The minimum absolute atomic E-state index is 0.115. The quantitative estimate of drug-likeness (QED) is 0.848. The van der Waals surface area contributed by atoms with Crippen molar-refractivity contribution in [3.63, 3.8) is 0 Å². The van der Waals surface area contributed by atoms with E-state index in [1.54, 1.807) is 0 Å². The van der Waals surface area contributed by atoms with Crippen LogP contribution in [0.15, 0.2) is 0 Å². The number of nitrogens with zero attached hydrogens (tertiary/aromatic N) is 3. The van der Waals surface area contributed by atoms with Crippen molar-refractivity contribution in [3.8, 4) is 0 Å². The van der Waals surface area contributed by atoms with Gasteiger partial charge in [-0.15, -0.1) is 0 Å². The Bertz CT molecular complexity index is 473. The molecule has 0 aromatic carbocycles. The number of nitrogens with one attached hydrogen (secondary N) is 1. The third-order valence-electron chi connectivity index (χ3n) is 3.63. The summed E-state index contributed by atoms with van der Waals surface area (Å²) in [6.07, 6.45) is 2.36. The fourth-order valence-corrected chi connectivity index (χ4v) is 3.33. The second kappa shape index (κ2) is 6.41. The fraction of sp³-hybridized carbons (Fsp3) is 0.692. The molecule has 2 heterocycles. The predicted molar refractivity (Wildman–Crippen MR) is 83.5 cm³/mol. The van der Waals surface area contributed by atoms with E-state index in [4.69, 9.17) is 5.73 Å². The van der Waals surface area contributed by atoms with Gasteiger partial charge in [0.05, 0.1) is 0 Å². The third-order valence-corrected chi connectivity index (χ3v) is 4.87. The van der Waals surface area contributed by atoms with E-state index in [1.807, 2.05) is 19.0 Å². The molecule has 1 saturated heterocycles. The lowest BCUT2D eigenvalue weighted by molar-refractivity contribution is 0.0946. The zero-order valence-corrected chi connectivity index (χ0v) is 13.2. The average Bonchev–Trinajstić information content (AvgIpc) is 3.01. The van der Waals surface area contributed by atoms with Gasteiger partial charge in [-0.2, -0.15) is 0 Å². The van der Waals surface area contributed by atoms with Crippen LogP contribution in [0.3, 0.4) is 0 Å². The van der Waals surface area contributed by atoms with Crippen molar-refractivity contribution in [2.75, 3.05) is 44.4 Å². The zero-order valence-electron chi connectivity index (χ0n) is 12.3. The van der Waals surface area contributed by atoms with E-state index in [1.165, 1.54) is 17.8 Å². The largest absolute Gasteiger partial charge is 0.382 e. The Hall–Kier alpha value is -1.34. The van der Waals surface area contributed by atoms with Gasteiger partial charge in [0.1, 0.15) is 10.7 Å². The Kier molecular flexibility index (Phi) is 4.82. The molecule has 0 saturated carbocycles. The summed E-state index contributed by atoms with van der Waals surface area (Å²) < 4.78 is 0. The number of thiazole rings is 1. The highest BCUT2D eigenvalue weighted by Crippen LogP contribution is 2.26. The SMILES string of the molecule is CCN1CCCC1CNC(=O)c1sc(N(C)C)nc1N. The van der Waals surface area contributed by atoms with Crippen molar-refractivity contribution in [2.45, 2.75) is 25.8 Å². The number of likely N-dealkylation sites (tertiary alicyclic amines) is 1. The van der Waals surface area contributed by atoms with E-state index in [9.17, 15) is 4.79 Å². The van der Waals surface area contributed by atoms with Crippen LogP contribution >= 0.6 is 11.3 Å². The highest BCUT2D eigenvalue weighted by atomic mass is 32.1. The molecule has 1 fully saturated rings. The monoisotopic (exact) mass is 297 g/mol. The van der Waals surface area contributed by atoms with Crippen molar-refractivity contribution >= 4 is 28.2 Å². The van der Waals surface area contributed by atoms with Crippen LogP contribution in [-0.2, 0) is 0 Å². The number of carbonyl (C=O) groups excluding carboxylic acids is 1. The van der Waals surface area contributed by atoms with Crippen LogP contribution < -0.4 is 16.0 Å². The molecule has 6 nitrogen and oxygen atoms in total. The van der Waals surface area contributed by atoms with Crippen LogP contribution in [0.2, 0.25) is 0 Å². The lowest BCUT2D eigenvalue weighted by Crippen LogP contribution is -2.39. The van der Waals surface area contributed by atoms with Crippen LogP contribution in [0.1, 0.15) is 29.4 Å². The summed E-state index contributed by atoms with van der Waals surface area (Å²) in [6, 6.07) is 0.450. The van der Waals surface area contributed by atoms with Crippen LogP contribution in [0, 0.1) is 0 Å². The summed E-state index contributed by atoms with van der Waals surface area (Å²) in [5, 5.41) is 3.74. The first-order chi connectivity index (χ1) is 9.52. The molecule has 1 aromatic rings. The molecular formula is C13H23N5OS. The molecule has 1 aliphatic heterocycles. The number of hydrogen-bond acceptors (Lipinski definition) is 6. The number of rotatable bonds is 5. The minimum atomic E-state index is -0.115. The fourth-order valence-electron chi connectivity index (χ4n) is 2.51. The van der Waals surface area contributed by atoms with Crippen LogP contribution in [-0.4, -0.2) is 55.6 Å². The van der Waals surface area contributed by atoms with Crippen molar-refractivity contribution < 1.29 is 4.79 Å². The lowest BCUT2D eigenvalue weighted by Gasteiger charge is -2.22. The Labute approximate surface area is 124 Å². The molecule has 2 rings (SSSR count). The van der Waals surface area contributed by atoms with Crippen LogP contribution in [0.4, 0.5) is 10.9 Å². The number of nitrogen functional groups attached to an aromatic ring is 1. The molecule has 1 aromatic heterocycles. The van der Waals surface area contributed by atoms with E-state index in [-0.39, 0.29) is 5.91 Å². The van der Waals surface area contributed by atoms with E-state index < -0.39 is 0 Å². The van der Waals surface area contributed by atoms with Gasteiger partial charge in [0.15, 0.2) is 5.13 Å². The van der Waals surface area contributed by atoms with Gasteiger partial charge in [0.2, 0.25) is 0 Å². The maximum absolute atomic E-state index is 12.2. The molecule has 0 spiro atoms. The van der Waals surface area contributed by atoms with E-state index in [2.05, 4.69) is 22.1 Å². The number of carbonyl (C=O) groups is 1. The lowest BCUT2D eigenvalue weighted by atomic mass is 10.2. The van der Waals surface area contributed by atoms with Gasteiger partial charge in [0, 0.05) is 26.7 Å². The number of anilines is 2. The Morgan fingerprint density at radius 1 is 1.60 bits per heavy atom. The van der Waals surface area contributed by atoms with E-state index in [0.29, 0.717) is 23.3 Å². The highest BCUT2D eigenvalue weighted by molar-refractivity contribution is 7.18. The first kappa shape index (κ1) is 15.1. The summed E-state index contributed by atoms with van der Waals surface area (Å²) in [5.41, 5.74) is 5.82. The minimum Gasteiger partial charge on any atom is -0.382 e. The van der Waals surface area contributed by atoms with Gasteiger partial charge in [-0.1, -0.05) is 18.3 Å². The van der Waals surface area contributed by atoms with Crippen molar-refractivity contribution in [1.82, 2.24) is 15.2 Å². The molecule has 7 heteroatoms. The molecule has 112 valence electrons. The molecule has 1 unspecified atom stereocenters. The summed E-state index contributed by atoms with van der Waals surface area (Å²) in [7, 11) is 3.77. The molecule has 1 amide bonds. The zero-order chi connectivity index (χ0) is 14.7. The van der Waals surface area contributed by atoms with Crippen molar-refractivity contribution in [2.24, 2.45) is 0 Å². The summed E-state index contributed by atoms with van der Waals surface area (Å²) >= 11 is 1.33. The average molecular weight is 297 g/mol. The number of nitrogens with two attached hydrogens (primary N) is 1. The van der Waals surface area contributed by atoms with E-state index in [0.717, 1.165) is 24.6 Å². The maximum atomic E-state index is 12.2. The number of amides is 1. The second-order valence-electron chi connectivity index (χ2n) is 5.24. The number of likely N-dealkylation sites (N-methyl/N-ethyl adjacent to an activating group) is 1. The molecule has 0 aliphatic carbocycles. The van der Waals surface area contributed by atoms with Crippen molar-refractivity contribution in [3.05, 3.63) is 4.88 Å². The van der Waals surface area contributed by atoms with Gasteiger partial charge in [-0.3, -0.25) is 9.69 Å². The van der Waals surface area contributed by atoms with Gasteiger partial charge in [-0.05, 0) is 25.9 Å². The Morgan fingerprint density at radius 3 is 2.95 bits per heavy atom.